The van der Waals surface area contributed by atoms with Gasteiger partial charge in [-0.2, -0.15) is 0 Å². The molecule has 7 heteroatoms. The smallest absolute Gasteiger partial charge is 0.407 e. The summed E-state index contributed by atoms with van der Waals surface area (Å²) in [5.41, 5.74) is -0.609. The van der Waals surface area contributed by atoms with Crippen molar-refractivity contribution in [1.29, 1.82) is 0 Å². The first-order valence-electron chi connectivity index (χ1n) is 7.95. The zero-order valence-electron chi connectivity index (χ0n) is 15.5. The Labute approximate surface area is 143 Å². The molecule has 0 spiro atoms. The van der Waals surface area contributed by atoms with Crippen LogP contribution < -0.4 is 5.32 Å². The second kappa shape index (κ2) is 9.95. The molecule has 0 saturated heterocycles. The summed E-state index contributed by atoms with van der Waals surface area (Å²) in [4.78, 5) is 34.7. The summed E-state index contributed by atoms with van der Waals surface area (Å²) in [7, 11) is 0. The average molecular weight is 343 g/mol. The van der Waals surface area contributed by atoms with Crippen LogP contribution in [0.5, 0.6) is 0 Å². The number of hydrogen-bond donors (Lipinski definition) is 1. The summed E-state index contributed by atoms with van der Waals surface area (Å²) in [5, 5.41) is 2.67. The van der Waals surface area contributed by atoms with Crippen LogP contribution in [0.4, 0.5) is 4.79 Å². The SMILES string of the molecule is CC(C)OC(=O)C=CC(=O)OCC(NC(=O)OC(C)(C)C)C(C)C. The van der Waals surface area contributed by atoms with Crippen molar-refractivity contribution in [3.8, 4) is 0 Å². The Bertz CT molecular complexity index is 462. The molecule has 0 aliphatic rings. The van der Waals surface area contributed by atoms with Gasteiger partial charge in [0.1, 0.15) is 12.2 Å². The molecule has 1 atom stereocenters. The van der Waals surface area contributed by atoms with Crippen LogP contribution in [-0.2, 0) is 23.8 Å². The predicted octanol–water partition coefficient (Wildman–Crippen LogP) is 2.59. The lowest BCUT2D eigenvalue weighted by Gasteiger charge is -2.25. The van der Waals surface area contributed by atoms with Gasteiger partial charge in [-0.05, 0) is 40.5 Å². The number of ether oxygens (including phenoxy) is 3. The van der Waals surface area contributed by atoms with Gasteiger partial charge in [0.15, 0.2) is 0 Å². The zero-order valence-corrected chi connectivity index (χ0v) is 15.5. The Hall–Kier alpha value is -2.05. The fourth-order valence-electron chi connectivity index (χ4n) is 1.49. The van der Waals surface area contributed by atoms with Crippen molar-refractivity contribution in [2.75, 3.05) is 6.61 Å². The molecule has 1 amide bonds. The van der Waals surface area contributed by atoms with Gasteiger partial charge >= 0.3 is 18.0 Å². The molecule has 0 aliphatic carbocycles. The van der Waals surface area contributed by atoms with E-state index in [1.807, 2.05) is 13.8 Å². The Morgan fingerprint density at radius 2 is 1.54 bits per heavy atom. The van der Waals surface area contributed by atoms with E-state index < -0.39 is 29.7 Å². The summed E-state index contributed by atoms with van der Waals surface area (Å²) in [5.74, 6) is -1.28. The van der Waals surface area contributed by atoms with Crippen molar-refractivity contribution in [3.05, 3.63) is 12.2 Å². The fourth-order valence-corrected chi connectivity index (χ4v) is 1.49. The quantitative estimate of drug-likeness (QED) is 0.434. The molecule has 7 nitrogen and oxygen atoms in total. The van der Waals surface area contributed by atoms with Crippen LogP contribution in [0.25, 0.3) is 0 Å². The summed E-state index contributed by atoms with van der Waals surface area (Å²) in [6.45, 7) is 12.4. The Morgan fingerprint density at radius 3 is 2.00 bits per heavy atom. The van der Waals surface area contributed by atoms with Crippen LogP contribution in [-0.4, -0.2) is 42.4 Å². The minimum Gasteiger partial charge on any atom is -0.460 e. The van der Waals surface area contributed by atoms with E-state index in [4.69, 9.17) is 14.2 Å². The second-order valence-corrected chi connectivity index (χ2v) is 6.95. The predicted molar refractivity (Wildman–Crippen MR) is 89.3 cm³/mol. The van der Waals surface area contributed by atoms with Crippen LogP contribution in [0, 0.1) is 5.92 Å². The van der Waals surface area contributed by atoms with Gasteiger partial charge < -0.3 is 19.5 Å². The Kier molecular flexibility index (Phi) is 9.10. The van der Waals surface area contributed by atoms with E-state index in [-0.39, 0.29) is 18.6 Å². The number of carbonyl (C=O) groups excluding carboxylic acids is 3. The van der Waals surface area contributed by atoms with Crippen LogP contribution in [0.2, 0.25) is 0 Å². The van der Waals surface area contributed by atoms with Crippen LogP contribution in [0.15, 0.2) is 12.2 Å². The minimum absolute atomic E-state index is 0.0280. The zero-order chi connectivity index (χ0) is 18.9. The normalized spacial score (nSPS) is 13.0. The Morgan fingerprint density at radius 1 is 1.00 bits per heavy atom. The highest BCUT2D eigenvalue weighted by atomic mass is 16.6. The lowest BCUT2D eigenvalue weighted by Crippen LogP contribution is -2.44. The maximum absolute atomic E-state index is 11.8. The maximum atomic E-state index is 11.8. The lowest BCUT2D eigenvalue weighted by atomic mass is 10.1. The van der Waals surface area contributed by atoms with Crippen molar-refractivity contribution in [1.82, 2.24) is 5.32 Å². The van der Waals surface area contributed by atoms with Crippen molar-refractivity contribution >= 4 is 18.0 Å². The maximum Gasteiger partial charge on any atom is 0.407 e. The molecule has 0 aliphatic heterocycles. The first kappa shape index (κ1) is 21.9. The van der Waals surface area contributed by atoms with Gasteiger partial charge in [0.05, 0.1) is 12.1 Å². The number of hydrogen-bond acceptors (Lipinski definition) is 6. The van der Waals surface area contributed by atoms with Crippen LogP contribution >= 0.6 is 0 Å². The number of esters is 2. The molecule has 0 saturated carbocycles. The highest BCUT2D eigenvalue weighted by molar-refractivity contribution is 5.91. The van der Waals surface area contributed by atoms with Crippen LogP contribution in [0.3, 0.4) is 0 Å². The van der Waals surface area contributed by atoms with Gasteiger partial charge in [-0.25, -0.2) is 14.4 Å². The molecule has 138 valence electrons. The number of amides is 1. The lowest BCUT2D eigenvalue weighted by molar-refractivity contribution is -0.143. The van der Waals surface area contributed by atoms with Crippen molar-refractivity contribution in [3.63, 3.8) is 0 Å². The number of alkyl carbamates (subject to hydrolysis) is 1. The van der Waals surface area contributed by atoms with Gasteiger partial charge in [-0.3, -0.25) is 0 Å². The van der Waals surface area contributed by atoms with E-state index in [1.54, 1.807) is 34.6 Å². The van der Waals surface area contributed by atoms with Gasteiger partial charge in [-0.1, -0.05) is 13.8 Å². The molecule has 0 aromatic heterocycles. The second-order valence-electron chi connectivity index (χ2n) is 6.95. The van der Waals surface area contributed by atoms with Gasteiger partial charge in [-0.15, -0.1) is 0 Å². The highest BCUT2D eigenvalue weighted by Gasteiger charge is 2.22. The molecule has 0 bridgehead atoms. The third-order valence-electron chi connectivity index (χ3n) is 2.62. The Balaban J connectivity index is 4.44. The molecule has 0 fully saturated rings. The standard InChI is InChI=1S/C17H29NO6/c1-11(2)13(18-16(21)24-17(5,6)7)10-22-14(19)8-9-15(20)23-12(3)4/h8-9,11-13H,10H2,1-7H3,(H,18,21). The van der Waals surface area contributed by atoms with Crippen molar-refractivity contribution in [2.24, 2.45) is 5.92 Å². The molecule has 1 N–H and O–H groups in total. The molecule has 0 aromatic carbocycles. The summed E-state index contributed by atoms with van der Waals surface area (Å²) < 4.78 is 15.1. The van der Waals surface area contributed by atoms with Gasteiger partial charge in [0.25, 0.3) is 0 Å². The number of carbonyl (C=O) groups is 3. The topological polar surface area (TPSA) is 90.9 Å². The fraction of sp³-hybridized carbons (Fsp3) is 0.706. The average Bonchev–Trinajstić information content (AvgIpc) is 2.37. The van der Waals surface area contributed by atoms with E-state index in [0.717, 1.165) is 12.2 Å². The molecule has 0 aromatic rings. The minimum atomic E-state index is -0.688. The van der Waals surface area contributed by atoms with E-state index in [0.29, 0.717) is 0 Å². The van der Waals surface area contributed by atoms with E-state index >= 15 is 0 Å². The first-order valence-corrected chi connectivity index (χ1v) is 7.95. The summed E-state index contributed by atoms with van der Waals surface area (Å²) in [6.07, 6.45) is 1.17. The third kappa shape index (κ3) is 11.5. The third-order valence-corrected chi connectivity index (χ3v) is 2.62. The van der Waals surface area contributed by atoms with Crippen molar-refractivity contribution in [2.45, 2.75) is 66.2 Å². The molecule has 0 heterocycles. The van der Waals surface area contributed by atoms with Gasteiger partial charge in [0.2, 0.25) is 0 Å². The molecule has 0 radical (unpaired) electrons. The van der Waals surface area contributed by atoms with E-state index in [1.165, 1.54) is 0 Å². The van der Waals surface area contributed by atoms with Crippen LogP contribution in [0.1, 0.15) is 48.5 Å². The largest absolute Gasteiger partial charge is 0.460 e. The molecule has 24 heavy (non-hydrogen) atoms. The highest BCUT2D eigenvalue weighted by Crippen LogP contribution is 2.09. The molecular formula is C17H29NO6. The monoisotopic (exact) mass is 343 g/mol. The summed E-state index contributed by atoms with van der Waals surface area (Å²) in [6, 6.07) is -0.403. The van der Waals surface area contributed by atoms with Gasteiger partial charge in [0, 0.05) is 12.2 Å². The number of rotatable bonds is 7. The van der Waals surface area contributed by atoms with E-state index in [2.05, 4.69) is 5.32 Å². The summed E-state index contributed by atoms with van der Waals surface area (Å²) >= 11 is 0. The number of nitrogens with one attached hydrogen (secondary N) is 1. The molecular weight excluding hydrogens is 314 g/mol. The van der Waals surface area contributed by atoms with Crippen molar-refractivity contribution < 1.29 is 28.6 Å². The molecule has 0 rings (SSSR count). The van der Waals surface area contributed by atoms with E-state index in [9.17, 15) is 14.4 Å². The molecule has 1 unspecified atom stereocenters. The first-order chi connectivity index (χ1) is 10.9.